The summed E-state index contributed by atoms with van der Waals surface area (Å²) in [6.45, 7) is 3.93. The van der Waals surface area contributed by atoms with Gasteiger partial charge >= 0.3 is 5.97 Å². The fraction of sp³-hybridized carbons (Fsp3) is 0.462. The predicted molar refractivity (Wildman–Crippen MR) is 62.6 cm³/mol. The molecule has 0 aliphatic heterocycles. The largest absolute Gasteiger partial charge is 0.491 e. The van der Waals surface area contributed by atoms with Gasteiger partial charge in [0.15, 0.2) is 17.4 Å². The predicted octanol–water partition coefficient (Wildman–Crippen LogP) is 3.32. The molecule has 106 valence electrons. The van der Waals surface area contributed by atoms with Crippen molar-refractivity contribution in [1.82, 2.24) is 0 Å². The zero-order valence-electron chi connectivity index (χ0n) is 10.9. The third-order valence-corrected chi connectivity index (χ3v) is 2.47. The maximum absolute atomic E-state index is 13.7. The van der Waals surface area contributed by atoms with Crippen LogP contribution in [0.5, 0.6) is 5.75 Å². The van der Waals surface area contributed by atoms with E-state index >= 15 is 0 Å². The zero-order valence-corrected chi connectivity index (χ0v) is 10.9. The Morgan fingerprint density at radius 2 is 1.89 bits per heavy atom. The summed E-state index contributed by atoms with van der Waals surface area (Å²) >= 11 is 0. The topological polar surface area (TPSA) is 35.5 Å². The molecule has 0 amide bonds. The van der Waals surface area contributed by atoms with Crippen molar-refractivity contribution in [2.75, 3.05) is 13.7 Å². The molecule has 1 rings (SSSR count). The first kappa shape index (κ1) is 15.3. The minimum absolute atomic E-state index is 0.0806. The molecule has 0 bridgehead atoms. The smallest absolute Gasteiger partial charge is 0.341 e. The molecule has 0 aromatic heterocycles. The van der Waals surface area contributed by atoms with Crippen molar-refractivity contribution < 1.29 is 27.4 Å². The molecule has 0 saturated heterocycles. The lowest BCUT2D eigenvalue weighted by atomic mass is 10.1. The van der Waals surface area contributed by atoms with Gasteiger partial charge in [0.2, 0.25) is 5.82 Å². The second-order valence-electron chi connectivity index (χ2n) is 4.39. The van der Waals surface area contributed by atoms with E-state index in [1.807, 2.05) is 13.8 Å². The van der Waals surface area contributed by atoms with Crippen LogP contribution >= 0.6 is 0 Å². The second-order valence-corrected chi connectivity index (χ2v) is 4.39. The van der Waals surface area contributed by atoms with Gasteiger partial charge < -0.3 is 9.47 Å². The Hall–Kier alpha value is -1.72. The number of carbonyl (C=O) groups is 1. The number of rotatable bonds is 5. The molecule has 0 fully saturated rings. The Bertz CT molecular complexity index is 473. The van der Waals surface area contributed by atoms with Gasteiger partial charge in [0.25, 0.3) is 0 Å². The first-order valence-electron chi connectivity index (χ1n) is 5.77. The van der Waals surface area contributed by atoms with E-state index in [0.29, 0.717) is 18.4 Å². The maximum atomic E-state index is 13.7. The highest BCUT2D eigenvalue weighted by molar-refractivity contribution is 5.90. The van der Waals surface area contributed by atoms with Crippen LogP contribution in [0.3, 0.4) is 0 Å². The third-order valence-electron chi connectivity index (χ3n) is 2.47. The molecule has 0 aliphatic rings. The van der Waals surface area contributed by atoms with Crippen LogP contribution < -0.4 is 4.74 Å². The SMILES string of the molecule is COc1c(F)c(F)cc(C(=O)OCCC(C)C)c1F. The molecule has 1 aromatic rings. The van der Waals surface area contributed by atoms with Gasteiger partial charge in [-0.15, -0.1) is 0 Å². The molecule has 0 spiro atoms. The van der Waals surface area contributed by atoms with Crippen LogP contribution in [0.4, 0.5) is 13.2 Å². The van der Waals surface area contributed by atoms with Crippen LogP contribution in [-0.2, 0) is 4.74 Å². The van der Waals surface area contributed by atoms with E-state index in [-0.39, 0.29) is 6.61 Å². The molecule has 3 nitrogen and oxygen atoms in total. The van der Waals surface area contributed by atoms with E-state index in [2.05, 4.69) is 4.74 Å². The molecule has 0 heterocycles. The van der Waals surface area contributed by atoms with Gasteiger partial charge in [-0.1, -0.05) is 13.8 Å². The van der Waals surface area contributed by atoms with E-state index in [9.17, 15) is 18.0 Å². The summed E-state index contributed by atoms with van der Waals surface area (Å²) in [7, 11) is 0.981. The number of esters is 1. The normalized spacial score (nSPS) is 10.7. The summed E-state index contributed by atoms with van der Waals surface area (Å²) in [5.41, 5.74) is -0.681. The molecule has 0 N–H and O–H groups in total. The molecule has 19 heavy (non-hydrogen) atoms. The molecule has 6 heteroatoms. The molecule has 0 saturated carbocycles. The van der Waals surface area contributed by atoms with Gasteiger partial charge in [-0.25, -0.2) is 13.6 Å². The lowest BCUT2D eigenvalue weighted by molar-refractivity contribution is 0.0481. The lowest BCUT2D eigenvalue weighted by Gasteiger charge is -2.10. The number of hydrogen-bond acceptors (Lipinski definition) is 3. The van der Waals surface area contributed by atoms with Crippen LogP contribution in [0.1, 0.15) is 30.6 Å². The summed E-state index contributed by atoms with van der Waals surface area (Å²) in [5, 5.41) is 0. The molecule has 1 aromatic carbocycles. The van der Waals surface area contributed by atoms with Gasteiger partial charge in [0.1, 0.15) is 5.56 Å². The van der Waals surface area contributed by atoms with Crippen LogP contribution in [0, 0.1) is 23.4 Å². The highest BCUT2D eigenvalue weighted by Gasteiger charge is 2.24. The Labute approximate surface area is 109 Å². The van der Waals surface area contributed by atoms with E-state index in [1.54, 1.807) is 0 Å². The Morgan fingerprint density at radius 3 is 2.42 bits per heavy atom. The van der Waals surface area contributed by atoms with Gasteiger partial charge in [0.05, 0.1) is 13.7 Å². The van der Waals surface area contributed by atoms with Crippen LogP contribution in [0.15, 0.2) is 6.07 Å². The zero-order chi connectivity index (χ0) is 14.6. The van der Waals surface area contributed by atoms with Crippen molar-refractivity contribution in [3.8, 4) is 5.75 Å². The maximum Gasteiger partial charge on any atom is 0.341 e. The molecular weight excluding hydrogens is 261 g/mol. The minimum atomic E-state index is -1.47. The van der Waals surface area contributed by atoms with Crippen molar-refractivity contribution in [1.29, 1.82) is 0 Å². The second kappa shape index (κ2) is 6.45. The van der Waals surface area contributed by atoms with Crippen molar-refractivity contribution in [3.63, 3.8) is 0 Å². The molecule has 0 atom stereocenters. The van der Waals surface area contributed by atoms with Gasteiger partial charge in [-0.05, 0) is 18.4 Å². The molecule has 0 aliphatic carbocycles. The van der Waals surface area contributed by atoms with Gasteiger partial charge in [-0.2, -0.15) is 4.39 Å². The van der Waals surface area contributed by atoms with Crippen molar-refractivity contribution in [3.05, 3.63) is 29.1 Å². The van der Waals surface area contributed by atoms with Crippen LogP contribution in [0.25, 0.3) is 0 Å². The number of halogens is 3. The molecular formula is C13H15F3O3. The van der Waals surface area contributed by atoms with E-state index in [4.69, 9.17) is 4.74 Å². The third kappa shape index (κ3) is 3.62. The van der Waals surface area contributed by atoms with Crippen molar-refractivity contribution >= 4 is 5.97 Å². The standard InChI is InChI=1S/C13H15F3O3/c1-7(2)4-5-19-13(17)8-6-9(14)11(16)12(18-3)10(8)15/h6-7H,4-5H2,1-3H3. The highest BCUT2D eigenvalue weighted by atomic mass is 19.2. The summed E-state index contributed by atoms with van der Waals surface area (Å²) in [6, 6.07) is 0.463. The lowest BCUT2D eigenvalue weighted by Crippen LogP contribution is -2.12. The Balaban J connectivity index is 2.94. The Morgan fingerprint density at radius 1 is 1.26 bits per heavy atom. The van der Waals surface area contributed by atoms with Gasteiger partial charge in [-0.3, -0.25) is 0 Å². The quantitative estimate of drug-likeness (QED) is 0.611. The van der Waals surface area contributed by atoms with Crippen LogP contribution in [0.2, 0.25) is 0 Å². The average molecular weight is 276 g/mol. The van der Waals surface area contributed by atoms with Crippen molar-refractivity contribution in [2.45, 2.75) is 20.3 Å². The highest BCUT2D eigenvalue weighted by Crippen LogP contribution is 2.27. The molecule has 0 radical (unpaired) electrons. The number of ether oxygens (including phenoxy) is 2. The number of benzene rings is 1. The summed E-state index contributed by atoms with van der Waals surface area (Å²) < 4.78 is 49.3. The van der Waals surface area contributed by atoms with E-state index < -0.39 is 34.7 Å². The average Bonchev–Trinajstić information content (AvgIpc) is 2.34. The summed E-state index contributed by atoms with van der Waals surface area (Å²) in [6.07, 6.45) is 0.591. The minimum Gasteiger partial charge on any atom is -0.491 e. The number of methoxy groups -OCH3 is 1. The first-order chi connectivity index (χ1) is 8.88. The van der Waals surface area contributed by atoms with Crippen LogP contribution in [-0.4, -0.2) is 19.7 Å². The molecule has 0 unspecified atom stereocenters. The Kier molecular flexibility index (Phi) is 5.20. The van der Waals surface area contributed by atoms with Crippen molar-refractivity contribution in [2.24, 2.45) is 5.92 Å². The van der Waals surface area contributed by atoms with Gasteiger partial charge in [0, 0.05) is 0 Å². The fourth-order valence-electron chi connectivity index (χ4n) is 1.37. The summed E-state index contributed by atoms with van der Waals surface area (Å²) in [5.74, 6) is -5.79. The monoisotopic (exact) mass is 276 g/mol. The van der Waals surface area contributed by atoms with E-state index in [1.165, 1.54) is 0 Å². The number of carbonyl (C=O) groups excluding carboxylic acids is 1. The fourth-order valence-corrected chi connectivity index (χ4v) is 1.37. The number of hydrogen-bond donors (Lipinski definition) is 0. The first-order valence-corrected chi connectivity index (χ1v) is 5.77. The van der Waals surface area contributed by atoms with E-state index in [0.717, 1.165) is 7.11 Å². The summed E-state index contributed by atoms with van der Waals surface area (Å²) in [4.78, 5) is 11.6.